The summed E-state index contributed by atoms with van der Waals surface area (Å²) in [5.74, 6) is -0.745. The first-order valence-electron chi connectivity index (χ1n) is 1.91. The van der Waals surface area contributed by atoms with E-state index in [0.29, 0.717) is 0 Å². The molecule has 0 saturated heterocycles. The molecule has 0 fully saturated rings. The molecule has 0 unspecified atom stereocenters. The lowest BCUT2D eigenvalue weighted by Gasteiger charge is -1.89. The third kappa shape index (κ3) is 2.44. The predicted octanol–water partition coefficient (Wildman–Crippen LogP) is 0.0665. The number of rotatable bonds is 1. The molecule has 0 aliphatic carbocycles. The van der Waals surface area contributed by atoms with E-state index in [1.54, 1.807) is 6.07 Å². The van der Waals surface area contributed by atoms with Crippen molar-refractivity contribution in [1.29, 1.82) is 5.26 Å². The standard InChI is InChI=1S/C4H4N2OS2/c5-1-2(8)3(9)4(6)7/h8-9H,(H2,6,7)/b3-2-. The maximum absolute atomic E-state index is 10.2. The Labute approximate surface area is 63.3 Å². The Kier molecular flexibility index (Phi) is 3.20. The van der Waals surface area contributed by atoms with Crippen LogP contribution in [0.3, 0.4) is 0 Å². The summed E-state index contributed by atoms with van der Waals surface area (Å²) in [4.78, 5) is 10.0. The van der Waals surface area contributed by atoms with E-state index in [-0.39, 0.29) is 9.81 Å². The van der Waals surface area contributed by atoms with Gasteiger partial charge >= 0.3 is 0 Å². The SMILES string of the molecule is N#C/C(S)=C(/S)C(N)=O. The van der Waals surface area contributed by atoms with Gasteiger partial charge in [0.25, 0.3) is 5.91 Å². The molecule has 1 amide bonds. The molecule has 0 aromatic rings. The van der Waals surface area contributed by atoms with E-state index in [0.717, 1.165) is 0 Å². The second-order valence-electron chi connectivity index (χ2n) is 1.17. The first-order valence-corrected chi connectivity index (χ1v) is 2.81. The monoisotopic (exact) mass is 160 g/mol. The molecular weight excluding hydrogens is 156 g/mol. The van der Waals surface area contributed by atoms with Crippen molar-refractivity contribution in [1.82, 2.24) is 0 Å². The summed E-state index contributed by atoms with van der Waals surface area (Å²) in [6, 6.07) is 1.61. The predicted molar refractivity (Wildman–Crippen MR) is 39.8 cm³/mol. The summed E-state index contributed by atoms with van der Waals surface area (Å²) in [5, 5.41) is 8.11. The van der Waals surface area contributed by atoms with Crippen LogP contribution >= 0.6 is 25.3 Å². The van der Waals surface area contributed by atoms with Gasteiger partial charge in [-0.25, -0.2) is 0 Å². The number of primary amides is 1. The zero-order valence-corrected chi connectivity index (χ0v) is 6.12. The third-order valence-corrected chi connectivity index (χ3v) is 1.51. The highest BCUT2D eigenvalue weighted by atomic mass is 32.1. The van der Waals surface area contributed by atoms with E-state index in [2.05, 4.69) is 25.3 Å². The Morgan fingerprint density at radius 1 is 1.56 bits per heavy atom. The van der Waals surface area contributed by atoms with Gasteiger partial charge in [-0.15, -0.1) is 25.3 Å². The number of carbonyl (C=O) groups excluding carboxylic acids is 1. The zero-order chi connectivity index (χ0) is 7.44. The van der Waals surface area contributed by atoms with Gasteiger partial charge < -0.3 is 5.73 Å². The first-order chi connectivity index (χ1) is 4.09. The van der Waals surface area contributed by atoms with Gasteiger partial charge in [0.15, 0.2) is 0 Å². The van der Waals surface area contributed by atoms with Gasteiger partial charge in [-0.1, -0.05) is 0 Å². The molecule has 9 heavy (non-hydrogen) atoms. The molecule has 0 rings (SSSR count). The van der Waals surface area contributed by atoms with Crippen LogP contribution in [0.5, 0.6) is 0 Å². The van der Waals surface area contributed by atoms with E-state index < -0.39 is 5.91 Å². The zero-order valence-electron chi connectivity index (χ0n) is 4.33. The number of nitrogens with two attached hydrogens (primary N) is 1. The molecule has 0 spiro atoms. The number of nitrogens with zero attached hydrogens (tertiary/aromatic N) is 1. The molecule has 2 N–H and O–H groups in total. The van der Waals surface area contributed by atoms with Crippen molar-refractivity contribution in [3.63, 3.8) is 0 Å². The van der Waals surface area contributed by atoms with E-state index in [1.807, 2.05) is 0 Å². The fraction of sp³-hybridized carbons (Fsp3) is 0. The highest BCUT2D eigenvalue weighted by molar-refractivity contribution is 7.89. The Morgan fingerprint density at radius 2 is 2.00 bits per heavy atom. The van der Waals surface area contributed by atoms with Crippen LogP contribution in [0.4, 0.5) is 0 Å². The molecule has 3 nitrogen and oxygen atoms in total. The van der Waals surface area contributed by atoms with E-state index >= 15 is 0 Å². The number of allylic oxidation sites excluding steroid dienone is 1. The lowest BCUT2D eigenvalue weighted by atomic mass is 10.5. The van der Waals surface area contributed by atoms with Crippen molar-refractivity contribution >= 4 is 31.2 Å². The van der Waals surface area contributed by atoms with Crippen molar-refractivity contribution in [2.45, 2.75) is 0 Å². The Balaban J connectivity index is 4.54. The number of hydrogen-bond donors (Lipinski definition) is 3. The number of carbonyl (C=O) groups is 1. The Hall–Kier alpha value is -0.600. The number of hydrogen-bond acceptors (Lipinski definition) is 4. The van der Waals surface area contributed by atoms with Gasteiger partial charge in [-0.2, -0.15) is 5.26 Å². The lowest BCUT2D eigenvalue weighted by Crippen LogP contribution is -2.10. The molecule has 0 atom stereocenters. The van der Waals surface area contributed by atoms with Gasteiger partial charge in [0, 0.05) is 0 Å². The van der Waals surface area contributed by atoms with E-state index in [4.69, 9.17) is 11.0 Å². The summed E-state index contributed by atoms with van der Waals surface area (Å²) >= 11 is 7.21. The second-order valence-corrected chi connectivity index (χ2v) is 2.07. The summed E-state index contributed by atoms with van der Waals surface area (Å²) in [6.07, 6.45) is 0. The van der Waals surface area contributed by atoms with Crippen LogP contribution in [0.15, 0.2) is 9.81 Å². The highest BCUT2D eigenvalue weighted by Crippen LogP contribution is 2.09. The van der Waals surface area contributed by atoms with Crippen molar-refractivity contribution in [2.24, 2.45) is 5.73 Å². The van der Waals surface area contributed by atoms with Gasteiger partial charge in [0.1, 0.15) is 11.0 Å². The van der Waals surface area contributed by atoms with Crippen LogP contribution < -0.4 is 5.73 Å². The fourth-order valence-corrected chi connectivity index (χ4v) is 0.330. The third-order valence-electron chi connectivity index (χ3n) is 0.564. The molecule has 0 aromatic carbocycles. The van der Waals surface area contributed by atoms with Crippen LogP contribution in [0, 0.1) is 11.3 Å². The van der Waals surface area contributed by atoms with Crippen molar-refractivity contribution in [3.8, 4) is 6.07 Å². The van der Waals surface area contributed by atoms with Crippen LogP contribution in [0.1, 0.15) is 0 Å². The van der Waals surface area contributed by atoms with Gasteiger partial charge in [0.05, 0.1) is 4.91 Å². The van der Waals surface area contributed by atoms with Crippen molar-refractivity contribution in [3.05, 3.63) is 9.81 Å². The maximum atomic E-state index is 10.2. The van der Waals surface area contributed by atoms with Gasteiger partial charge in [0.2, 0.25) is 0 Å². The van der Waals surface area contributed by atoms with E-state index in [9.17, 15) is 4.79 Å². The van der Waals surface area contributed by atoms with E-state index in [1.165, 1.54) is 0 Å². The number of amides is 1. The molecule has 0 aliphatic heterocycles. The van der Waals surface area contributed by atoms with Crippen molar-refractivity contribution < 1.29 is 4.79 Å². The van der Waals surface area contributed by atoms with Crippen LogP contribution in [-0.4, -0.2) is 5.91 Å². The second kappa shape index (κ2) is 3.43. The first kappa shape index (κ1) is 8.40. The minimum atomic E-state index is -0.745. The van der Waals surface area contributed by atoms with Crippen LogP contribution in [0.25, 0.3) is 0 Å². The molecular formula is C4H4N2OS2. The molecule has 48 valence electrons. The molecule has 0 heterocycles. The molecule has 0 bridgehead atoms. The topological polar surface area (TPSA) is 66.9 Å². The summed E-state index contributed by atoms with van der Waals surface area (Å²) < 4.78 is 0. The summed E-state index contributed by atoms with van der Waals surface area (Å²) in [7, 11) is 0. The van der Waals surface area contributed by atoms with Crippen LogP contribution in [-0.2, 0) is 4.79 Å². The molecule has 0 aromatic heterocycles. The highest BCUT2D eigenvalue weighted by Gasteiger charge is 2.02. The largest absolute Gasteiger partial charge is 0.365 e. The average molecular weight is 160 g/mol. The van der Waals surface area contributed by atoms with Gasteiger partial charge in [-0.05, 0) is 0 Å². The lowest BCUT2D eigenvalue weighted by molar-refractivity contribution is -0.113. The summed E-state index contributed by atoms with van der Waals surface area (Å²) in [6.45, 7) is 0. The quantitative estimate of drug-likeness (QED) is 0.288. The molecule has 0 saturated carbocycles. The Bertz CT molecular complexity index is 203. The smallest absolute Gasteiger partial charge is 0.256 e. The summed E-state index contributed by atoms with van der Waals surface area (Å²) in [5.41, 5.74) is 4.74. The fourth-order valence-electron chi connectivity index (χ4n) is 0.170. The molecule has 0 radical (unpaired) electrons. The minimum Gasteiger partial charge on any atom is -0.365 e. The number of nitriles is 1. The van der Waals surface area contributed by atoms with Gasteiger partial charge in [-0.3, -0.25) is 4.79 Å². The molecule has 5 heteroatoms. The average Bonchev–Trinajstić information content (AvgIpc) is 1.84. The Morgan fingerprint density at radius 3 is 2.11 bits per heavy atom. The maximum Gasteiger partial charge on any atom is 0.256 e. The van der Waals surface area contributed by atoms with Crippen LogP contribution in [0.2, 0.25) is 0 Å². The normalized spacial score (nSPS) is 11.7. The molecule has 0 aliphatic rings. The number of thiol groups is 2. The van der Waals surface area contributed by atoms with Crippen molar-refractivity contribution in [2.75, 3.05) is 0 Å². The minimum absolute atomic E-state index is 0.0640.